The van der Waals surface area contributed by atoms with Gasteiger partial charge >= 0.3 is 6.18 Å². The molecule has 0 radical (unpaired) electrons. The molecule has 0 heterocycles. The molecule has 0 aromatic heterocycles. The molecule has 1 rings (SSSR count). The third-order valence-corrected chi connectivity index (χ3v) is 4.68. The van der Waals surface area contributed by atoms with E-state index in [-0.39, 0.29) is 5.02 Å². The number of nitrogens with one attached hydrogen (secondary N) is 1. The van der Waals surface area contributed by atoms with Crippen LogP contribution in [0.1, 0.15) is 5.56 Å². The van der Waals surface area contributed by atoms with Crippen molar-refractivity contribution >= 4 is 27.5 Å². The van der Waals surface area contributed by atoms with Gasteiger partial charge in [-0.15, -0.1) is 0 Å². The molecule has 0 atom stereocenters. The van der Waals surface area contributed by atoms with Gasteiger partial charge in [0.25, 0.3) is 0 Å². The maximum atomic E-state index is 12.9. The van der Waals surface area contributed by atoms with E-state index in [1.807, 2.05) is 0 Å². The lowest BCUT2D eigenvalue weighted by Crippen LogP contribution is -2.37. The van der Waals surface area contributed by atoms with Crippen LogP contribution in [0, 0.1) is 0 Å². The number of amides is 1. The van der Waals surface area contributed by atoms with Crippen molar-refractivity contribution in [3.8, 4) is 0 Å². The van der Waals surface area contributed by atoms with E-state index in [0.29, 0.717) is 10.4 Å². The Labute approximate surface area is 124 Å². The SMILES string of the molecule is CNC(=O)CN(C)S(=O)(=O)c1ccc(Cl)cc1C(F)(F)F. The zero-order chi connectivity index (χ0) is 16.4. The normalized spacial score (nSPS) is 12.5. The summed E-state index contributed by atoms with van der Waals surface area (Å²) in [6.45, 7) is -0.598. The van der Waals surface area contributed by atoms with E-state index in [4.69, 9.17) is 11.6 Å². The summed E-state index contributed by atoms with van der Waals surface area (Å²) in [6.07, 6.45) is -4.89. The highest BCUT2D eigenvalue weighted by molar-refractivity contribution is 7.89. The summed E-state index contributed by atoms with van der Waals surface area (Å²) in [7, 11) is -2.18. The van der Waals surface area contributed by atoms with E-state index in [9.17, 15) is 26.4 Å². The van der Waals surface area contributed by atoms with Crippen molar-refractivity contribution in [3.63, 3.8) is 0 Å². The van der Waals surface area contributed by atoms with E-state index >= 15 is 0 Å². The number of benzene rings is 1. The van der Waals surface area contributed by atoms with Crippen LogP contribution in [0.25, 0.3) is 0 Å². The van der Waals surface area contributed by atoms with E-state index < -0.39 is 39.1 Å². The Balaban J connectivity index is 3.35. The van der Waals surface area contributed by atoms with Crippen LogP contribution < -0.4 is 5.32 Å². The van der Waals surface area contributed by atoms with Crippen LogP contribution in [0.2, 0.25) is 5.02 Å². The van der Waals surface area contributed by atoms with Crippen molar-refractivity contribution in [3.05, 3.63) is 28.8 Å². The van der Waals surface area contributed by atoms with E-state index in [0.717, 1.165) is 19.2 Å². The molecule has 0 bridgehead atoms. The third kappa shape index (κ3) is 4.08. The average molecular weight is 345 g/mol. The molecular formula is C11H12ClF3N2O3S. The fourth-order valence-electron chi connectivity index (χ4n) is 1.48. The topological polar surface area (TPSA) is 66.5 Å². The van der Waals surface area contributed by atoms with Crippen LogP contribution in [-0.4, -0.2) is 39.3 Å². The standard InChI is InChI=1S/C11H12ClF3N2O3S/c1-16-10(18)6-17(2)21(19,20)9-4-3-7(12)5-8(9)11(13,14)15/h3-5H,6H2,1-2H3,(H,16,18). The maximum Gasteiger partial charge on any atom is 0.417 e. The summed E-state index contributed by atoms with van der Waals surface area (Å²) >= 11 is 5.49. The Kier molecular flexibility index (Phi) is 5.24. The van der Waals surface area contributed by atoms with Crippen molar-refractivity contribution in [1.29, 1.82) is 0 Å². The predicted molar refractivity (Wildman–Crippen MR) is 70.3 cm³/mol. The molecule has 0 saturated heterocycles. The number of alkyl halides is 3. The highest BCUT2D eigenvalue weighted by Gasteiger charge is 2.38. The summed E-state index contributed by atoms with van der Waals surface area (Å²) in [5.41, 5.74) is -1.38. The Hall–Kier alpha value is -1.32. The van der Waals surface area contributed by atoms with Crippen LogP contribution in [0.4, 0.5) is 13.2 Å². The summed E-state index contributed by atoms with van der Waals surface area (Å²) in [6, 6.07) is 2.33. The number of rotatable bonds is 4. The summed E-state index contributed by atoms with van der Waals surface area (Å²) in [4.78, 5) is 10.2. The smallest absolute Gasteiger partial charge is 0.358 e. The quantitative estimate of drug-likeness (QED) is 0.904. The van der Waals surface area contributed by atoms with Gasteiger partial charge in [0.05, 0.1) is 17.0 Å². The van der Waals surface area contributed by atoms with Crippen LogP contribution in [0.3, 0.4) is 0 Å². The van der Waals surface area contributed by atoms with Crippen LogP contribution >= 0.6 is 11.6 Å². The van der Waals surface area contributed by atoms with Crippen molar-refractivity contribution in [2.75, 3.05) is 20.6 Å². The fourth-order valence-corrected chi connectivity index (χ4v) is 2.97. The van der Waals surface area contributed by atoms with E-state index in [1.54, 1.807) is 0 Å². The first-order valence-corrected chi connectivity index (χ1v) is 7.35. The summed E-state index contributed by atoms with van der Waals surface area (Å²) in [5.74, 6) is -0.649. The third-order valence-electron chi connectivity index (χ3n) is 2.58. The Morgan fingerprint density at radius 1 is 1.38 bits per heavy atom. The number of hydrogen-bond acceptors (Lipinski definition) is 3. The lowest BCUT2D eigenvalue weighted by molar-refractivity contribution is -0.139. The van der Waals surface area contributed by atoms with Gasteiger partial charge in [0, 0.05) is 19.1 Å². The van der Waals surface area contributed by atoms with Gasteiger partial charge in [-0.05, 0) is 18.2 Å². The fraction of sp³-hybridized carbons (Fsp3) is 0.364. The second-order valence-electron chi connectivity index (χ2n) is 4.07. The van der Waals surface area contributed by atoms with Crippen molar-refractivity contribution in [2.24, 2.45) is 0 Å². The first kappa shape index (κ1) is 17.7. The molecule has 1 aromatic carbocycles. The number of hydrogen-bond donors (Lipinski definition) is 1. The second-order valence-corrected chi connectivity index (χ2v) is 6.52. The minimum atomic E-state index is -4.89. The lowest BCUT2D eigenvalue weighted by Gasteiger charge is -2.19. The second kappa shape index (κ2) is 6.20. The Morgan fingerprint density at radius 2 is 1.95 bits per heavy atom. The van der Waals surface area contributed by atoms with E-state index in [2.05, 4.69) is 5.32 Å². The van der Waals surface area contributed by atoms with Gasteiger partial charge in [-0.25, -0.2) is 8.42 Å². The predicted octanol–water partition coefficient (Wildman–Crippen LogP) is 1.73. The number of likely N-dealkylation sites (N-methyl/N-ethyl adjacent to an activating group) is 2. The van der Waals surface area contributed by atoms with Crippen LogP contribution in [0.5, 0.6) is 0 Å². The summed E-state index contributed by atoms with van der Waals surface area (Å²) < 4.78 is 63.7. The molecule has 0 saturated carbocycles. The highest BCUT2D eigenvalue weighted by Crippen LogP contribution is 2.36. The molecular weight excluding hydrogens is 333 g/mol. The van der Waals surface area contributed by atoms with Gasteiger partial charge in [-0.3, -0.25) is 4.79 Å². The number of sulfonamides is 1. The minimum absolute atomic E-state index is 0.241. The molecule has 21 heavy (non-hydrogen) atoms. The molecule has 1 amide bonds. The first-order chi connectivity index (χ1) is 9.50. The van der Waals surface area contributed by atoms with Crippen molar-refractivity contribution in [1.82, 2.24) is 9.62 Å². The molecule has 0 fully saturated rings. The molecule has 10 heteroatoms. The zero-order valence-corrected chi connectivity index (χ0v) is 12.6. The molecule has 0 spiro atoms. The molecule has 0 aliphatic carbocycles. The van der Waals surface area contributed by atoms with Gasteiger partial charge < -0.3 is 5.32 Å². The van der Waals surface area contributed by atoms with Gasteiger partial charge in [-0.2, -0.15) is 17.5 Å². The number of halogens is 4. The van der Waals surface area contributed by atoms with Gasteiger partial charge in [-0.1, -0.05) is 11.6 Å². The van der Waals surface area contributed by atoms with Gasteiger partial charge in [0.1, 0.15) is 0 Å². The Morgan fingerprint density at radius 3 is 2.43 bits per heavy atom. The van der Waals surface area contributed by atoms with Gasteiger partial charge in [0.2, 0.25) is 15.9 Å². The number of carbonyl (C=O) groups excluding carboxylic acids is 1. The highest BCUT2D eigenvalue weighted by atomic mass is 35.5. The largest absolute Gasteiger partial charge is 0.417 e. The van der Waals surface area contributed by atoms with Gasteiger partial charge in [0.15, 0.2) is 0 Å². The lowest BCUT2D eigenvalue weighted by atomic mass is 10.2. The number of carbonyl (C=O) groups is 1. The Bertz CT molecular complexity index is 647. The average Bonchev–Trinajstić information content (AvgIpc) is 2.36. The molecule has 0 aliphatic heterocycles. The number of nitrogens with zero attached hydrogens (tertiary/aromatic N) is 1. The maximum absolute atomic E-state index is 12.9. The van der Waals surface area contributed by atoms with Crippen molar-refractivity contribution < 1.29 is 26.4 Å². The summed E-state index contributed by atoms with van der Waals surface area (Å²) in [5, 5.41) is 1.94. The molecule has 1 aromatic rings. The molecule has 118 valence electrons. The van der Waals surface area contributed by atoms with Crippen LogP contribution in [0.15, 0.2) is 23.1 Å². The first-order valence-electron chi connectivity index (χ1n) is 5.54. The molecule has 0 unspecified atom stereocenters. The zero-order valence-electron chi connectivity index (χ0n) is 11.0. The molecule has 0 aliphatic rings. The molecule has 1 N–H and O–H groups in total. The minimum Gasteiger partial charge on any atom is -0.358 e. The monoisotopic (exact) mass is 344 g/mol. The van der Waals surface area contributed by atoms with Crippen LogP contribution in [-0.2, 0) is 21.0 Å². The molecule has 5 nitrogen and oxygen atoms in total. The van der Waals surface area contributed by atoms with E-state index in [1.165, 1.54) is 7.05 Å². The van der Waals surface area contributed by atoms with Crippen molar-refractivity contribution in [2.45, 2.75) is 11.1 Å².